The van der Waals surface area contributed by atoms with E-state index in [0.717, 1.165) is 12.8 Å². The predicted molar refractivity (Wildman–Crippen MR) is 86.9 cm³/mol. The van der Waals surface area contributed by atoms with Gasteiger partial charge in [0.1, 0.15) is 4.90 Å². The quantitative estimate of drug-likeness (QED) is 0.843. The van der Waals surface area contributed by atoms with Crippen LogP contribution >= 0.6 is 39.9 Å². The van der Waals surface area contributed by atoms with Crippen LogP contribution in [0.5, 0.6) is 0 Å². The molecule has 1 atom stereocenters. The van der Waals surface area contributed by atoms with Crippen LogP contribution < -0.4 is 5.73 Å². The minimum Gasteiger partial charge on any atom is -0.330 e. The molecule has 0 aliphatic carbocycles. The molecule has 1 aromatic rings. The highest BCUT2D eigenvalue weighted by molar-refractivity contribution is 9.10. The molecule has 2 N–H and O–H groups in total. The van der Waals surface area contributed by atoms with Crippen LogP contribution in [0.3, 0.4) is 0 Å². The third kappa shape index (κ3) is 3.67. The van der Waals surface area contributed by atoms with Crippen LogP contribution in [0.2, 0.25) is 5.02 Å². The lowest BCUT2D eigenvalue weighted by molar-refractivity contribution is 0.271. The maximum atomic E-state index is 12.7. The van der Waals surface area contributed by atoms with E-state index in [9.17, 15) is 8.42 Å². The van der Waals surface area contributed by atoms with E-state index in [4.69, 9.17) is 17.3 Å². The summed E-state index contributed by atoms with van der Waals surface area (Å²) in [6, 6.07) is 4.98. The summed E-state index contributed by atoms with van der Waals surface area (Å²) >= 11 is 9.31. The minimum absolute atomic E-state index is 0. The molecule has 1 aliphatic heterocycles. The first kappa shape index (κ1) is 18.2. The molecular formula is C12H17BrCl2N2O2S. The Hall–Kier alpha value is 0.150. The summed E-state index contributed by atoms with van der Waals surface area (Å²) in [5.41, 5.74) is 5.65. The zero-order valence-corrected chi connectivity index (χ0v) is 14.7. The largest absolute Gasteiger partial charge is 0.330 e. The van der Waals surface area contributed by atoms with Gasteiger partial charge in [-0.2, -0.15) is 4.31 Å². The van der Waals surface area contributed by atoms with E-state index in [-0.39, 0.29) is 28.2 Å². The second kappa shape index (κ2) is 7.42. The van der Waals surface area contributed by atoms with E-state index in [1.807, 2.05) is 0 Å². The summed E-state index contributed by atoms with van der Waals surface area (Å²) in [6.07, 6.45) is 1.81. The maximum Gasteiger partial charge on any atom is 0.245 e. The number of piperidine rings is 1. The Morgan fingerprint density at radius 3 is 2.75 bits per heavy atom. The minimum atomic E-state index is -3.57. The Balaban J connectivity index is 0.00000200. The van der Waals surface area contributed by atoms with Gasteiger partial charge in [0.2, 0.25) is 10.0 Å². The smallest absolute Gasteiger partial charge is 0.245 e. The zero-order valence-electron chi connectivity index (χ0n) is 10.8. The highest BCUT2D eigenvalue weighted by Crippen LogP contribution is 2.33. The normalized spacial score (nSPS) is 20.4. The molecule has 20 heavy (non-hydrogen) atoms. The summed E-state index contributed by atoms with van der Waals surface area (Å²) < 4.78 is 27.3. The fourth-order valence-electron chi connectivity index (χ4n) is 2.30. The Labute approximate surface area is 139 Å². The van der Waals surface area contributed by atoms with Crippen molar-refractivity contribution in [2.45, 2.75) is 17.7 Å². The number of nitrogens with zero attached hydrogens (tertiary/aromatic N) is 1. The van der Waals surface area contributed by atoms with E-state index >= 15 is 0 Å². The number of nitrogens with two attached hydrogens (primary N) is 1. The third-order valence-corrected chi connectivity index (χ3v) is 6.65. The van der Waals surface area contributed by atoms with Gasteiger partial charge in [-0.1, -0.05) is 17.7 Å². The average Bonchev–Trinajstić information content (AvgIpc) is 2.38. The first-order valence-electron chi connectivity index (χ1n) is 6.11. The van der Waals surface area contributed by atoms with E-state index < -0.39 is 10.0 Å². The van der Waals surface area contributed by atoms with Crippen LogP contribution in [0.1, 0.15) is 12.8 Å². The second-order valence-corrected chi connectivity index (χ2v) is 7.79. The molecule has 0 aromatic heterocycles. The van der Waals surface area contributed by atoms with Crippen molar-refractivity contribution in [2.75, 3.05) is 19.6 Å². The van der Waals surface area contributed by atoms with Gasteiger partial charge in [-0.05, 0) is 53.4 Å². The molecule has 4 nitrogen and oxygen atoms in total. The molecule has 1 aromatic carbocycles. The van der Waals surface area contributed by atoms with Crippen LogP contribution in [0, 0.1) is 5.92 Å². The van der Waals surface area contributed by atoms with Crippen molar-refractivity contribution in [1.82, 2.24) is 4.31 Å². The molecule has 0 amide bonds. The first-order valence-corrected chi connectivity index (χ1v) is 8.72. The van der Waals surface area contributed by atoms with Crippen LogP contribution in [0.4, 0.5) is 0 Å². The van der Waals surface area contributed by atoms with Gasteiger partial charge in [0, 0.05) is 17.6 Å². The molecule has 1 aliphatic rings. The summed E-state index contributed by atoms with van der Waals surface area (Å²) in [7, 11) is -3.57. The van der Waals surface area contributed by atoms with Gasteiger partial charge in [-0.3, -0.25) is 0 Å². The van der Waals surface area contributed by atoms with Crippen LogP contribution in [0.25, 0.3) is 0 Å². The van der Waals surface area contributed by atoms with Gasteiger partial charge < -0.3 is 5.73 Å². The molecule has 0 spiro atoms. The van der Waals surface area contributed by atoms with Gasteiger partial charge in [-0.15, -0.1) is 12.4 Å². The van der Waals surface area contributed by atoms with Crippen molar-refractivity contribution in [2.24, 2.45) is 11.7 Å². The zero-order chi connectivity index (χ0) is 14.0. The molecule has 0 saturated carbocycles. The Morgan fingerprint density at radius 2 is 2.15 bits per heavy atom. The first-order chi connectivity index (χ1) is 8.96. The molecule has 8 heteroatoms. The van der Waals surface area contributed by atoms with Crippen molar-refractivity contribution < 1.29 is 8.42 Å². The lowest BCUT2D eigenvalue weighted by Crippen LogP contribution is -2.42. The molecule has 2 rings (SSSR count). The molecule has 1 fully saturated rings. The van der Waals surface area contributed by atoms with Crippen LogP contribution in [-0.2, 0) is 10.0 Å². The van der Waals surface area contributed by atoms with Crippen molar-refractivity contribution in [3.8, 4) is 0 Å². The highest BCUT2D eigenvalue weighted by Gasteiger charge is 2.32. The van der Waals surface area contributed by atoms with Gasteiger partial charge in [-0.25, -0.2) is 8.42 Å². The molecule has 1 saturated heterocycles. The summed E-state index contributed by atoms with van der Waals surface area (Å²) in [5.74, 6) is 0.227. The number of sulfonamides is 1. The number of rotatable bonds is 3. The Morgan fingerprint density at radius 1 is 1.45 bits per heavy atom. The van der Waals surface area contributed by atoms with Crippen molar-refractivity contribution >= 4 is 50.0 Å². The summed E-state index contributed by atoms with van der Waals surface area (Å²) in [5, 5.41) is 0.240. The van der Waals surface area contributed by atoms with Gasteiger partial charge in [0.15, 0.2) is 0 Å². The average molecular weight is 404 g/mol. The monoisotopic (exact) mass is 402 g/mol. The lowest BCUT2D eigenvalue weighted by Gasteiger charge is -2.31. The van der Waals surface area contributed by atoms with Crippen molar-refractivity contribution in [1.29, 1.82) is 0 Å². The van der Waals surface area contributed by atoms with Gasteiger partial charge >= 0.3 is 0 Å². The standard InChI is InChI=1S/C12H16BrClN2O2S.ClH/c13-10-4-1-5-11(14)12(10)19(17,18)16-6-2-3-9(7-15)8-16;/h1,4-5,9H,2-3,6-8,15H2;1H. The Kier molecular flexibility index (Phi) is 6.76. The van der Waals surface area contributed by atoms with E-state index in [2.05, 4.69) is 15.9 Å². The second-order valence-electron chi connectivity index (χ2n) is 4.66. The van der Waals surface area contributed by atoms with Crippen molar-refractivity contribution in [3.05, 3.63) is 27.7 Å². The summed E-state index contributed by atoms with van der Waals surface area (Å²) in [4.78, 5) is 0.148. The fraction of sp³-hybridized carbons (Fsp3) is 0.500. The number of hydrogen-bond donors (Lipinski definition) is 1. The van der Waals surface area contributed by atoms with E-state index in [1.165, 1.54) is 4.31 Å². The summed E-state index contributed by atoms with van der Waals surface area (Å²) in [6.45, 7) is 1.50. The molecule has 114 valence electrons. The SMILES string of the molecule is Cl.NCC1CCCN(S(=O)(=O)c2c(Cl)cccc2Br)C1. The van der Waals surface area contributed by atoms with Crippen molar-refractivity contribution in [3.63, 3.8) is 0 Å². The molecular weight excluding hydrogens is 387 g/mol. The maximum absolute atomic E-state index is 12.7. The predicted octanol–water partition coefficient (Wildman–Crippen LogP) is 2.88. The van der Waals surface area contributed by atoms with E-state index in [0.29, 0.717) is 24.1 Å². The number of hydrogen-bond acceptors (Lipinski definition) is 3. The topological polar surface area (TPSA) is 63.4 Å². The lowest BCUT2D eigenvalue weighted by atomic mass is 10.0. The molecule has 1 heterocycles. The van der Waals surface area contributed by atoms with Gasteiger partial charge in [0.05, 0.1) is 5.02 Å². The Bertz CT molecular complexity index is 548. The number of halogens is 3. The molecule has 0 radical (unpaired) electrons. The van der Waals surface area contributed by atoms with E-state index in [1.54, 1.807) is 18.2 Å². The molecule has 1 unspecified atom stereocenters. The number of benzene rings is 1. The molecule has 0 bridgehead atoms. The van der Waals surface area contributed by atoms with Crippen LogP contribution in [-0.4, -0.2) is 32.4 Å². The fourth-order valence-corrected chi connectivity index (χ4v) is 5.52. The third-order valence-electron chi connectivity index (χ3n) is 3.33. The highest BCUT2D eigenvalue weighted by atomic mass is 79.9. The van der Waals surface area contributed by atoms with Crippen LogP contribution in [0.15, 0.2) is 27.6 Å². The van der Waals surface area contributed by atoms with Gasteiger partial charge in [0.25, 0.3) is 0 Å².